The van der Waals surface area contributed by atoms with Crippen LogP contribution in [0.1, 0.15) is 0 Å². The van der Waals surface area contributed by atoms with Crippen LogP contribution >= 0.6 is 0 Å². The fourth-order valence-electron chi connectivity index (χ4n) is 0.390. The Hall–Kier alpha value is -1.77. The van der Waals surface area contributed by atoms with E-state index in [2.05, 4.69) is 0 Å². The first-order valence-electron chi connectivity index (χ1n) is 3.03. The Morgan fingerprint density at radius 2 is 1.92 bits per heavy atom. The smallest absolute Gasteiger partial charge is 0.404 e. The summed E-state index contributed by atoms with van der Waals surface area (Å²) in [6.45, 7) is 0. The lowest BCUT2D eigenvalue weighted by atomic mass is 10.2. The third-order valence-electron chi connectivity index (χ3n) is 1.00. The second-order valence-electron chi connectivity index (χ2n) is 1.93. The average molecular weight is 190 g/mol. The molecule has 0 radical (unpaired) electrons. The zero-order chi connectivity index (χ0) is 10.5. The van der Waals surface area contributed by atoms with Gasteiger partial charge in [0.25, 0.3) is 5.78 Å². The Morgan fingerprint density at radius 1 is 1.38 bits per heavy atom. The second kappa shape index (κ2) is 4.30. The molecule has 0 bridgehead atoms. The number of carbonyl (C=O) groups is 1. The van der Waals surface area contributed by atoms with Crippen molar-refractivity contribution in [1.29, 1.82) is 5.26 Å². The quantitative estimate of drug-likeness (QED) is 0.402. The molecule has 0 aliphatic heterocycles. The summed E-state index contributed by atoms with van der Waals surface area (Å²) >= 11 is 0. The van der Waals surface area contributed by atoms with Gasteiger partial charge in [0.05, 0.1) is 5.57 Å². The maximum atomic E-state index is 11.6. The highest BCUT2D eigenvalue weighted by Gasteiger charge is 2.35. The number of carbonyl (C=O) groups excluding carboxylic acids is 1. The highest BCUT2D eigenvalue weighted by Crippen LogP contribution is 2.16. The van der Waals surface area contributed by atoms with E-state index in [1.807, 2.05) is 0 Å². The van der Waals surface area contributed by atoms with Crippen molar-refractivity contribution in [2.45, 2.75) is 6.18 Å². The van der Waals surface area contributed by atoms with Gasteiger partial charge in [-0.25, -0.2) is 0 Å². The van der Waals surface area contributed by atoms with E-state index in [4.69, 9.17) is 11.0 Å². The Kier molecular flexibility index (Phi) is 3.72. The second-order valence-corrected chi connectivity index (χ2v) is 1.93. The normalized spacial score (nSPS) is 12.9. The van der Waals surface area contributed by atoms with Gasteiger partial charge >= 0.3 is 6.18 Å². The van der Waals surface area contributed by atoms with Crippen molar-refractivity contribution in [3.8, 4) is 6.07 Å². The standard InChI is InChI=1S/C7H5F3N2O/c8-7(9,10)6(13)2-1-5(3-11)4-12/h1-3H,11H2. The number of allylic oxidation sites excluding steroid dienone is 3. The maximum Gasteiger partial charge on any atom is 0.454 e. The summed E-state index contributed by atoms with van der Waals surface area (Å²) in [6.07, 6.45) is -3.15. The van der Waals surface area contributed by atoms with E-state index in [-0.39, 0.29) is 11.6 Å². The van der Waals surface area contributed by atoms with Gasteiger partial charge in [0.2, 0.25) is 0 Å². The first kappa shape index (κ1) is 11.2. The van der Waals surface area contributed by atoms with Gasteiger partial charge in [-0.05, 0) is 12.2 Å². The largest absolute Gasteiger partial charge is 0.454 e. The third kappa shape index (κ3) is 3.96. The van der Waals surface area contributed by atoms with Crippen molar-refractivity contribution in [1.82, 2.24) is 0 Å². The molecule has 0 fully saturated rings. The Labute approximate surface area is 71.9 Å². The van der Waals surface area contributed by atoms with E-state index in [0.717, 1.165) is 6.20 Å². The Morgan fingerprint density at radius 3 is 2.23 bits per heavy atom. The lowest BCUT2D eigenvalue weighted by Gasteiger charge is -1.98. The molecular weight excluding hydrogens is 185 g/mol. The molecule has 0 aromatic rings. The number of alkyl halides is 3. The van der Waals surface area contributed by atoms with Crippen LogP contribution in [0.25, 0.3) is 0 Å². The summed E-state index contributed by atoms with van der Waals surface area (Å²) in [5.74, 6) is -2.03. The Bertz CT molecular complexity index is 296. The molecule has 0 spiro atoms. The fraction of sp³-hybridized carbons (Fsp3) is 0.143. The lowest BCUT2D eigenvalue weighted by molar-refractivity contribution is -0.165. The van der Waals surface area contributed by atoms with Crippen LogP contribution in [-0.4, -0.2) is 12.0 Å². The molecular formula is C7H5F3N2O. The van der Waals surface area contributed by atoms with Gasteiger partial charge in [0.1, 0.15) is 6.07 Å². The van der Waals surface area contributed by atoms with Gasteiger partial charge in [-0.15, -0.1) is 0 Å². The molecule has 0 aliphatic rings. The molecule has 0 aromatic carbocycles. The van der Waals surface area contributed by atoms with Crippen LogP contribution in [0.4, 0.5) is 13.2 Å². The Balaban J connectivity index is 4.49. The van der Waals surface area contributed by atoms with E-state index < -0.39 is 12.0 Å². The molecule has 3 nitrogen and oxygen atoms in total. The molecule has 0 saturated carbocycles. The minimum Gasteiger partial charge on any atom is -0.404 e. The lowest BCUT2D eigenvalue weighted by Crippen LogP contribution is -2.19. The molecule has 0 saturated heterocycles. The number of hydrogen-bond acceptors (Lipinski definition) is 3. The minimum atomic E-state index is -4.91. The van der Waals surface area contributed by atoms with Crippen LogP contribution in [0.5, 0.6) is 0 Å². The van der Waals surface area contributed by atoms with Gasteiger partial charge in [-0.3, -0.25) is 4.79 Å². The molecule has 6 heteroatoms. The van der Waals surface area contributed by atoms with Gasteiger partial charge in [-0.1, -0.05) is 0 Å². The van der Waals surface area contributed by atoms with Gasteiger partial charge < -0.3 is 5.73 Å². The molecule has 70 valence electrons. The predicted molar refractivity (Wildman–Crippen MR) is 38.1 cm³/mol. The zero-order valence-corrected chi connectivity index (χ0v) is 6.30. The molecule has 0 amide bonds. The van der Waals surface area contributed by atoms with Gasteiger partial charge in [0.15, 0.2) is 0 Å². The summed E-state index contributed by atoms with van der Waals surface area (Å²) in [6, 6.07) is 1.49. The number of rotatable bonds is 2. The van der Waals surface area contributed by atoms with Crippen LogP contribution in [-0.2, 0) is 4.79 Å². The topological polar surface area (TPSA) is 66.9 Å². The molecule has 0 heterocycles. The first-order chi connectivity index (χ1) is 5.91. The number of nitrogens with zero attached hydrogens (tertiary/aromatic N) is 1. The summed E-state index contributed by atoms with van der Waals surface area (Å²) in [4.78, 5) is 10.2. The van der Waals surface area contributed by atoms with Crippen LogP contribution in [0.3, 0.4) is 0 Å². The van der Waals surface area contributed by atoms with Crippen molar-refractivity contribution >= 4 is 5.78 Å². The number of hydrogen-bond donors (Lipinski definition) is 1. The monoisotopic (exact) mass is 190 g/mol. The first-order valence-corrected chi connectivity index (χ1v) is 3.03. The van der Waals surface area contributed by atoms with E-state index in [1.165, 1.54) is 6.07 Å². The molecule has 0 aromatic heterocycles. The molecule has 0 aliphatic carbocycles. The molecule has 0 rings (SSSR count). The summed E-state index contributed by atoms with van der Waals surface area (Å²) in [5.41, 5.74) is 4.64. The van der Waals surface area contributed by atoms with Crippen molar-refractivity contribution in [3.05, 3.63) is 23.9 Å². The summed E-state index contributed by atoms with van der Waals surface area (Å²) in [5, 5.41) is 8.20. The molecule has 13 heavy (non-hydrogen) atoms. The van der Waals surface area contributed by atoms with Crippen molar-refractivity contribution in [2.24, 2.45) is 5.73 Å². The van der Waals surface area contributed by atoms with Crippen molar-refractivity contribution in [3.63, 3.8) is 0 Å². The van der Waals surface area contributed by atoms with Gasteiger partial charge in [-0.2, -0.15) is 18.4 Å². The number of ketones is 1. The van der Waals surface area contributed by atoms with E-state index >= 15 is 0 Å². The highest BCUT2D eigenvalue weighted by atomic mass is 19.4. The summed E-state index contributed by atoms with van der Waals surface area (Å²) < 4.78 is 34.7. The van der Waals surface area contributed by atoms with Crippen LogP contribution in [0, 0.1) is 11.3 Å². The minimum absolute atomic E-state index is 0.211. The van der Waals surface area contributed by atoms with E-state index in [1.54, 1.807) is 0 Å². The zero-order valence-electron chi connectivity index (χ0n) is 6.30. The van der Waals surface area contributed by atoms with E-state index in [9.17, 15) is 18.0 Å². The molecule has 2 N–H and O–H groups in total. The number of nitriles is 1. The predicted octanol–water partition coefficient (Wildman–Crippen LogP) is 1.04. The average Bonchev–Trinajstić information content (AvgIpc) is 2.04. The van der Waals surface area contributed by atoms with Crippen molar-refractivity contribution < 1.29 is 18.0 Å². The van der Waals surface area contributed by atoms with Crippen LogP contribution in [0.2, 0.25) is 0 Å². The SMILES string of the molecule is N#CC(C=CC(=O)C(F)(F)F)=CN. The molecule has 0 atom stereocenters. The number of nitrogens with two attached hydrogens (primary N) is 1. The van der Waals surface area contributed by atoms with Crippen LogP contribution < -0.4 is 5.73 Å². The summed E-state index contributed by atoms with van der Waals surface area (Å²) in [7, 11) is 0. The highest BCUT2D eigenvalue weighted by molar-refractivity contribution is 5.94. The van der Waals surface area contributed by atoms with Crippen molar-refractivity contribution in [2.75, 3.05) is 0 Å². The van der Waals surface area contributed by atoms with E-state index in [0.29, 0.717) is 6.08 Å². The maximum absolute atomic E-state index is 11.6. The molecule has 0 unspecified atom stereocenters. The van der Waals surface area contributed by atoms with Crippen LogP contribution in [0.15, 0.2) is 23.9 Å². The fourth-order valence-corrected chi connectivity index (χ4v) is 0.390. The number of halogens is 3. The van der Waals surface area contributed by atoms with Gasteiger partial charge in [0, 0.05) is 6.20 Å². The third-order valence-corrected chi connectivity index (χ3v) is 1.00.